The van der Waals surface area contributed by atoms with Gasteiger partial charge in [0.1, 0.15) is 0 Å². The number of fused-ring (bicyclic) bond motifs is 1. The molecule has 28 heavy (non-hydrogen) atoms. The maximum absolute atomic E-state index is 12.4. The molecule has 2 heterocycles. The Labute approximate surface area is 172 Å². The fraction of sp³-hybridized carbons (Fsp3) is 0.650. The second-order valence-corrected chi connectivity index (χ2v) is 8.89. The Kier molecular flexibility index (Phi) is 10.3. The molecule has 2 aromatic rings. The Bertz CT molecular complexity index is 705. The number of nitrogen functional groups attached to an aromatic ring is 1. The molecule has 1 saturated carbocycles. The van der Waals surface area contributed by atoms with Gasteiger partial charge in [-0.1, -0.05) is 40.0 Å². The van der Waals surface area contributed by atoms with Crippen LogP contribution in [-0.4, -0.2) is 42.5 Å². The van der Waals surface area contributed by atoms with E-state index in [4.69, 9.17) is 5.73 Å². The van der Waals surface area contributed by atoms with Crippen molar-refractivity contribution in [1.82, 2.24) is 14.7 Å². The van der Waals surface area contributed by atoms with E-state index in [1.54, 1.807) is 13.0 Å². The zero-order valence-electron chi connectivity index (χ0n) is 17.4. The zero-order valence-corrected chi connectivity index (χ0v) is 19.1. The standard InChI is InChI=1S/C9H8F3N3Se.C9H19N.C2H6/c1-5-4-6-7(13)14-2-3-15(6)8(5)16-9(10,11)12;1-3-8-5-4-6-9(7-8)10-2;1-2/h2-4H,1H3,(H2,13,14);8-10H,3-7H2,1-2H3;1-2H3. The van der Waals surface area contributed by atoms with Crippen molar-refractivity contribution < 1.29 is 13.2 Å². The summed E-state index contributed by atoms with van der Waals surface area (Å²) < 4.78 is 38.9. The third-order valence-electron chi connectivity index (χ3n) is 4.84. The molecule has 1 aliphatic carbocycles. The maximum atomic E-state index is 12.4. The third kappa shape index (κ3) is 7.30. The first-order valence-electron chi connectivity index (χ1n) is 9.90. The SMILES string of the molecule is CC.CCC1CCCC(NC)C1.Cc1cc2c(N)nccn2c1[Se]C(F)(F)F. The van der Waals surface area contributed by atoms with Crippen molar-refractivity contribution in [1.29, 1.82) is 0 Å². The van der Waals surface area contributed by atoms with Crippen LogP contribution >= 0.6 is 0 Å². The van der Waals surface area contributed by atoms with Gasteiger partial charge in [0.05, 0.1) is 0 Å². The first kappa shape index (κ1) is 24.8. The van der Waals surface area contributed by atoms with E-state index in [9.17, 15) is 13.2 Å². The topological polar surface area (TPSA) is 55.3 Å². The molecule has 0 aromatic carbocycles. The van der Waals surface area contributed by atoms with E-state index < -0.39 is 20.0 Å². The first-order valence-corrected chi connectivity index (χ1v) is 11.6. The number of aromatic nitrogens is 2. The van der Waals surface area contributed by atoms with E-state index >= 15 is 0 Å². The van der Waals surface area contributed by atoms with Gasteiger partial charge in [-0.25, -0.2) is 0 Å². The summed E-state index contributed by atoms with van der Waals surface area (Å²) in [6.07, 6.45) is 9.98. The van der Waals surface area contributed by atoms with Crippen LogP contribution in [0.4, 0.5) is 19.0 Å². The number of hydrogen-bond acceptors (Lipinski definition) is 3. The minimum absolute atomic E-state index is 0.245. The molecule has 0 radical (unpaired) electrons. The van der Waals surface area contributed by atoms with E-state index in [0.717, 1.165) is 12.0 Å². The zero-order chi connectivity index (χ0) is 21.3. The van der Waals surface area contributed by atoms with Gasteiger partial charge in [-0.2, -0.15) is 0 Å². The van der Waals surface area contributed by atoms with Crippen LogP contribution in [0.2, 0.25) is 0 Å². The van der Waals surface area contributed by atoms with Crippen LogP contribution in [0.1, 0.15) is 58.4 Å². The fourth-order valence-corrected chi connectivity index (χ4v) is 4.85. The van der Waals surface area contributed by atoms with Crippen LogP contribution < -0.4 is 15.6 Å². The normalized spacial score (nSPS) is 19.4. The van der Waals surface area contributed by atoms with Gasteiger partial charge in [0, 0.05) is 6.04 Å². The Hall–Kier alpha value is -1.24. The molecule has 8 heteroatoms. The van der Waals surface area contributed by atoms with Crippen molar-refractivity contribution in [3.63, 3.8) is 0 Å². The number of nitrogens with zero attached hydrogens (tertiary/aromatic N) is 2. The van der Waals surface area contributed by atoms with Crippen molar-refractivity contribution in [2.45, 2.75) is 70.9 Å². The van der Waals surface area contributed by atoms with Gasteiger partial charge >= 0.3 is 95.2 Å². The van der Waals surface area contributed by atoms with Gasteiger partial charge in [0.2, 0.25) is 0 Å². The van der Waals surface area contributed by atoms with Gasteiger partial charge in [-0.15, -0.1) is 0 Å². The Morgan fingerprint density at radius 3 is 2.57 bits per heavy atom. The van der Waals surface area contributed by atoms with Gasteiger partial charge in [0.15, 0.2) is 0 Å². The van der Waals surface area contributed by atoms with Gasteiger partial charge in [0.25, 0.3) is 0 Å². The number of rotatable bonds is 3. The van der Waals surface area contributed by atoms with Crippen LogP contribution in [0.25, 0.3) is 5.52 Å². The van der Waals surface area contributed by atoms with Gasteiger partial charge in [-0.3, -0.25) is 0 Å². The van der Waals surface area contributed by atoms with Crippen molar-refractivity contribution in [2.24, 2.45) is 5.92 Å². The molecule has 3 N–H and O–H groups in total. The monoisotopic (exact) mass is 466 g/mol. The average molecular weight is 465 g/mol. The summed E-state index contributed by atoms with van der Waals surface area (Å²) in [6.45, 7) is 7.96. The molecule has 2 atom stereocenters. The number of aryl methyl sites for hydroxylation is 1. The second-order valence-electron chi connectivity index (χ2n) is 6.67. The number of anilines is 1. The molecule has 2 unspecified atom stereocenters. The van der Waals surface area contributed by atoms with E-state index in [1.165, 1.54) is 48.9 Å². The summed E-state index contributed by atoms with van der Waals surface area (Å²) in [5.74, 6) is 1.25. The van der Waals surface area contributed by atoms with Crippen molar-refractivity contribution >= 4 is 30.9 Å². The Morgan fingerprint density at radius 2 is 2.00 bits per heavy atom. The Morgan fingerprint density at radius 1 is 1.32 bits per heavy atom. The molecule has 0 bridgehead atoms. The third-order valence-corrected chi connectivity index (χ3v) is 6.82. The number of nitrogens with one attached hydrogen (secondary N) is 1. The molecular formula is C20H33F3N4Se. The van der Waals surface area contributed by atoms with Crippen molar-refractivity contribution in [3.05, 3.63) is 24.0 Å². The molecule has 0 aliphatic heterocycles. The molecule has 3 rings (SSSR count). The van der Waals surface area contributed by atoms with Crippen LogP contribution in [-0.2, 0) is 0 Å². The summed E-state index contributed by atoms with van der Waals surface area (Å²) in [5, 5.41) is -0.794. The van der Waals surface area contributed by atoms with Gasteiger partial charge < -0.3 is 5.32 Å². The van der Waals surface area contributed by atoms with E-state index in [1.807, 2.05) is 13.8 Å². The van der Waals surface area contributed by atoms with Crippen molar-refractivity contribution in [3.8, 4) is 0 Å². The quantitative estimate of drug-likeness (QED) is 0.666. The fourth-order valence-electron chi connectivity index (χ4n) is 3.39. The minimum atomic E-state index is -4.16. The molecule has 0 spiro atoms. The van der Waals surface area contributed by atoms with Crippen LogP contribution in [0.5, 0.6) is 0 Å². The number of halogens is 3. The van der Waals surface area contributed by atoms with Gasteiger partial charge in [-0.05, 0) is 25.8 Å². The summed E-state index contributed by atoms with van der Waals surface area (Å²) in [5.41, 5.74) is 6.72. The molecule has 160 valence electrons. The Balaban J connectivity index is 0.000000281. The molecule has 1 aliphatic rings. The molecule has 2 aromatic heterocycles. The predicted molar refractivity (Wildman–Crippen MR) is 112 cm³/mol. The van der Waals surface area contributed by atoms with Crippen molar-refractivity contribution in [2.75, 3.05) is 12.8 Å². The molecule has 4 nitrogen and oxygen atoms in total. The van der Waals surface area contributed by atoms with E-state index in [2.05, 4.69) is 24.3 Å². The van der Waals surface area contributed by atoms with Crippen LogP contribution in [0, 0.1) is 12.8 Å². The number of hydrogen-bond donors (Lipinski definition) is 2. The number of alkyl halides is 3. The average Bonchev–Trinajstić information content (AvgIpc) is 2.99. The summed E-state index contributed by atoms with van der Waals surface area (Å²) >= 11 is -1.57. The van der Waals surface area contributed by atoms with Crippen LogP contribution in [0.15, 0.2) is 18.5 Å². The second kappa shape index (κ2) is 11.7. The summed E-state index contributed by atoms with van der Waals surface area (Å²) in [6, 6.07) is 2.45. The molecular weight excluding hydrogens is 432 g/mol. The predicted octanol–water partition coefficient (Wildman–Crippen LogP) is 4.28. The van der Waals surface area contributed by atoms with E-state index in [0.29, 0.717) is 11.1 Å². The summed E-state index contributed by atoms with van der Waals surface area (Å²) in [4.78, 5) is 3.84. The first-order chi connectivity index (χ1) is 13.2. The molecule has 0 saturated heterocycles. The summed E-state index contributed by atoms with van der Waals surface area (Å²) in [7, 11) is 2.09. The van der Waals surface area contributed by atoms with E-state index in [-0.39, 0.29) is 10.4 Å². The molecule has 1 fully saturated rings. The molecule has 0 amide bonds. The number of nitrogens with two attached hydrogens (primary N) is 1. The van der Waals surface area contributed by atoms with Crippen LogP contribution in [0.3, 0.4) is 0 Å².